The Hall–Kier alpha value is -2.14. The Morgan fingerprint density at radius 3 is 3.00 bits per heavy atom. The molecule has 0 saturated heterocycles. The number of aromatic nitrogens is 2. The van der Waals surface area contributed by atoms with E-state index in [1.807, 2.05) is 17.5 Å². The number of aryl methyl sites for hydroxylation is 1. The third-order valence-electron chi connectivity index (χ3n) is 4.57. The number of nitrogens with zero attached hydrogens (tertiary/aromatic N) is 2. The van der Waals surface area contributed by atoms with Crippen molar-refractivity contribution in [2.45, 2.75) is 31.6 Å². The van der Waals surface area contributed by atoms with Crippen LogP contribution < -0.4 is 5.32 Å². The van der Waals surface area contributed by atoms with E-state index in [0.717, 1.165) is 16.8 Å². The maximum absolute atomic E-state index is 11.9. The summed E-state index contributed by atoms with van der Waals surface area (Å²) in [6.45, 7) is 0.665. The second-order valence-corrected chi connectivity index (χ2v) is 7.51. The van der Waals surface area contributed by atoms with Crippen molar-refractivity contribution < 1.29 is 4.79 Å². The van der Waals surface area contributed by atoms with E-state index in [-0.39, 0.29) is 5.91 Å². The van der Waals surface area contributed by atoms with Gasteiger partial charge < -0.3 is 9.88 Å². The molecule has 4 nitrogen and oxygen atoms in total. The van der Waals surface area contributed by atoms with E-state index in [0.29, 0.717) is 18.9 Å². The summed E-state index contributed by atoms with van der Waals surface area (Å²) < 4.78 is 2.22. The van der Waals surface area contributed by atoms with Crippen LogP contribution >= 0.6 is 11.3 Å². The van der Waals surface area contributed by atoms with E-state index >= 15 is 0 Å². The zero-order valence-electron chi connectivity index (χ0n) is 13.8. The zero-order chi connectivity index (χ0) is 16.5. The molecule has 3 aromatic rings. The molecule has 1 aromatic carbocycles. The smallest absolute Gasteiger partial charge is 0.225 e. The topological polar surface area (TPSA) is 46.9 Å². The highest BCUT2D eigenvalue weighted by Crippen LogP contribution is 2.40. The van der Waals surface area contributed by atoms with Crippen LogP contribution in [-0.4, -0.2) is 22.0 Å². The summed E-state index contributed by atoms with van der Waals surface area (Å²) in [6, 6.07) is 10.4. The molecule has 0 atom stereocenters. The molecule has 1 aliphatic carbocycles. The van der Waals surface area contributed by atoms with Gasteiger partial charge in [0, 0.05) is 24.4 Å². The highest BCUT2D eigenvalue weighted by Gasteiger charge is 2.28. The van der Waals surface area contributed by atoms with Gasteiger partial charge in [-0.3, -0.25) is 4.79 Å². The molecule has 5 heteroatoms. The third-order valence-corrected chi connectivity index (χ3v) is 5.45. The molecule has 0 unspecified atom stereocenters. The Morgan fingerprint density at radius 2 is 2.25 bits per heavy atom. The van der Waals surface area contributed by atoms with Gasteiger partial charge in [0.25, 0.3) is 0 Å². The summed E-state index contributed by atoms with van der Waals surface area (Å²) >= 11 is 1.62. The summed E-state index contributed by atoms with van der Waals surface area (Å²) in [7, 11) is 2.10. The Labute approximate surface area is 145 Å². The number of benzene rings is 1. The van der Waals surface area contributed by atoms with Gasteiger partial charge in [0.05, 0.1) is 17.5 Å². The van der Waals surface area contributed by atoms with Gasteiger partial charge in [-0.25, -0.2) is 4.98 Å². The van der Waals surface area contributed by atoms with Crippen molar-refractivity contribution in [3.05, 3.63) is 52.0 Å². The molecule has 1 fully saturated rings. The van der Waals surface area contributed by atoms with Crippen molar-refractivity contribution in [3.8, 4) is 0 Å². The minimum atomic E-state index is 0.0902. The van der Waals surface area contributed by atoms with Crippen molar-refractivity contribution in [2.24, 2.45) is 7.05 Å². The van der Waals surface area contributed by atoms with Crippen LogP contribution in [0.2, 0.25) is 0 Å². The lowest BCUT2D eigenvalue weighted by molar-refractivity contribution is -0.120. The summed E-state index contributed by atoms with van der Waals surface area (Å²) in [5.41, 5.74) is 3.49. The number of fused-ring (bicyclic) bond motifs is 1. The molecule has 0 aliphatic heterocycles. The van der Waals surface area contributed by atoms with E-state index in [2.05, 4.69) is 35.1 Å². The zero-order valence-corrected chi connectivity index (χ0v) is 14.6. The molecule has 24 heavy (non-hydrogen) atoms. The van der Waals surface area contributed by atoms with Gasteiger partial charge in [0.1, 0.15) is 5.82 Å². The minimum Gasteiger partial charge on any atom is -0.355 e. The molecule has 124 valence electrons. The Kier molecular flexibility index (Phi) is 4.10. The van der Waals surface area contributed by atoms with Crippen LogP contribution in [0, 0.1) is 0 Å². The molecule has 0 radical (unpaired) electrons. The first kappa shape index (κ1) is 15.4. The molecule has 0 bridgehead atoms. The first-order valence-corrected chi connectivity index (χ1v) is 9.33. The van der Waals surface area contributed by atoms with Crippen molar-refractivity contribution >= 4 is 28.3 Å². The summed E-state index contributed by atoms with van der Waals surface area (Å²) in [5.74, 6) is 1.96. The fourth-order valence-corrected chi connectivity index (χ4v) is 3.81. The first-order valence-electron chi connectivity index (χ1n) is 8.45. The van der Waals surface area contributed by atoms with E-state index in [4.69, 9.17) is 4.98 Å². The van der Waals surface area contributed by atoms with Crippen LogP contribution in [0.4, 0.5) is 0 Å². The molecule has 1 N–H and O–H groups in total. The van der Waals surface area contributed by atoms with Crippen LogP contribution in [0.5, 0.6) is 0 Å². The van der Waals surface area contributed by atoms with E-state index in [1.165, 1.54) is 29.7 Å². The predicted octanol–water partition coefficient (Wildman–Crippen LogP) is 3.41. The van der Waals surface area contributed by atoms with Crippen molar-refractivity contribution in [1.82, 2.24) is 14.9 Å². The first-order chi connectivity index (χ1) is 11.7. The molecule has 1 aliphatic rings. The monoisotopic (exact) mass is 339 g/mol. The lowest BCUT2D eigenvalue weighted by Gasteiger charge is -2.05. The molecular weight excluding hydrogens is 318 g/mol. The largest absolute Gasteiger partial charge is 0.355 e. The normalized spacial score (nSPS) is 14.2. The average Bonchev–Trinajstić information content (AvgIpc) is 3.19. The number of thiophene rings is 1. The SMILES string of the molecule is Cn1c(C2CC2)nc2cc(CCNC(=O)Cc3cccs3)ccc21. The van der Waals surface area contributed by atoms with Crippen molar-refractivity contribution in [2.75, 3.05) is 6.54 Å². The molecule has 1 amide bonds. The maximum atomic E-state index is 11.9. The number of imidazole rings is 1. The number of hydrogen-bond acceptors (Lipinski definition) is 3. The third kappa shape index (κ3) is 3.22. The molecule has 0 spiro atoms. The van der Waals surface area contributed by atoms with Gasteiger partial charge in [-0.05, 0) is 48.4 Å². The fourth-order valence-electron chi connectivity index (χ4n) is 3.11. The molecule has 2 heterocycles. The second kappa shape index (κ2) is 6.40. The van der Waals surface area contributed by atoms with Gasteiger partial charge in [0.2, 0.25) is 5.91 Å². The predicted molar refractivity (Wildman–Crippen MR) is 97.4 cm³/mol. The van der Waals surface area contributed by atoms with Gasteiger partial charge in [-0.2, -0.15) is 0 Å². The molecule has 1 saturated carbocycles. The Morgan fingerprint density at radius 1 is 1.38 bits per heavy atom. The number of carbonyl (C=O) groups excluding carboxylic acids is 1. The van der Waals surface area contributed by atoms with Crippen LogP contribution in [0.1, 0.15) is 35.0 Å². The van der Waals surface area contributed by atoms with E-state index in [9.17, 15) is 4.79 Å². The molecule has 4 rings (SSSR count). The number of hydrogen-bond donors (Lipinski definition) is 1. The van der Waals surface area contributed by atoms with Crippen LogP contribution in [-0.2, 0) is 24.7 Å². The molecular formula is C19H21N3OS. The van der Waals surface area contributed by atoms with Gasteiger partial charge in [0.15, 0.2) is 0 Å². The summed E-state index contributed by atoms with van der Waals surface area (Å²) in [5, 5.41) is 5.01. The second-order valence-electron chi connectivity index (χ2n) is 6.48. The van der Waals surface area contributed by atoms with Gasteiger partial charge in [-0.1, -0.05) is 12.1 Å². The van der Waals surface area contributed by atoms with Crippen LogP contribution in [0.25, 0.3) is 11.0 Å². The van der Waals surface area contributed by atoms with Crippen molar-refractivity contribution in [1.29, 1.82) is 0 Å². The quantitative estimate of drug-likeness (QED) is 0.748. The Bertz CT molecular complexity index is 862. The van der Waals surface area contributed by atoms with Gasteiger partial charge >= 0.3 is 0 Å². The number of amides is 1. The standard InChI is InChI=1S/C19H21N3OS/c1-22-17-7-4-13(11-16(17)21-19(22)14-5-6-14)8-9-20-18(23)12-15-3-2-10-24-15/h2-4,7,10-11,14H,5-6,8-9,12H2,1H3,(H,20,23). The van der Waals surface area contributed by atoms with Crippen LogP contribution in [0.3, 0.4) is 0 Å². The number of carbonyl (C=O) groups is 1. The maximum Gasteiger partial charge on any atom is 0.225 e. The minimum absolute atomic E-state index is 0.0902. The summed E-state index contributed by atoms with van der Waals surface area (Å²) in [6.07, 6.45) is 3.84. The fraction of sp³-hybridized carbons (Fsp3) is 0.368. The molecule has 2 aromatic heterocycles. The van der Waals surface area contributed by atoms with E-state index < -0.39 is 0 Å². The highest BCUT2D eigenvalue weighted by atomic mass is 32.1. The van der Waals surface area contributed by atoms with E-state index in [1.54, 1.807) is 11.3 Å². The highest BCUT2D eigenvalue weighted by molar-refractivity contribution is 7.10. The number of rotatable bonds is 6. The lowest BCUT2D eigenvalue weighted by Crippen LogP contribution is -2.26. The Balaban J connectivity index is 1.37. The average molecular weight is 339 g/mol. The number of nitrogens with one attached hydrogen (secondary N) is 1. The summed E-state index contributed by atoms with van der Waals surface area (Å²) in [4.78, 5) is 17.8. The van der Waals surface area contributed by atoms with Crippen molar-refractivity contribution in [3.63, 3.8) is 0 Å². The van der Waals surface area contributed by atoms with Crippen LogP contribution in [0.15, 0.2) is 35.7 Å². The van der Waals surface area contributed by atoms with Gasteiger partial charge in [-0.15, -0.1) is 11.3 Å². The lowest BCUT2D eigenvalue weighted by atomic mass is 10.1.